The van der Waals surface area contributed by atoms with Crippen LogP contribution in [0, 0.1) is 17.0 Å². The summed E-state index contributed by atoms with van der Waals surface area (Å²) in [6.45, 7) is 4.21. The number of aryl methyl sites for hydroxylation is 1. The van der Waals surface area contributed by atoms with Gasteiger partial charge < -0.3 is 19.6 Å². The summed E-state index contributed by atoms with van der Waals surface area (Å²) in [6.07, 6.45) is 3.73. The topological polar surface area (TPSA) is 120 Å². The maximum atomic E-state index is 16.9. The predicted octanol–water partition coefficient (Wildman–Crippen LogP) is 4.49. The van der Waals surface area contributed by atoms with Gasteiger partial charge in [-0.2, -0.15) is 23.1 Å². The standard InChI is InChI=1S/C33H38F2N6O4S/c1-4-22-26(34)9-6-20-14-21(42)15-25(27(20)22)23-7-8-24-29(28(23)35)37-31(45-19-32(11-12-32)17-40(2)3)38-30(24)41-13-5-10-33(18-41)16-36-46(43,44)39-33/h6-9,14-15,36,39,42H,4-5,10-13,16-19H2,1-3H3. The highest BCUT2D eigenvalue weighted by Gasteiger charge is 2.46. The van der Waals surface area contributed by atoms with Crippen LogP contribution in [0.2, 0.25) is 0 Å². The predicted molar refractivity (Wildman–Crippen MR) is 173 cm³/mol. The second-order valence-corrected chi connectivity index (χ2v) is 14.9. The fraction of sp³-hybridized carbons (Fsp3) is 0.455. The number of aromatic nitrogens is 2. The number of ether oxygens (including phenoxy) is 1. The summed E-state index contributed by atoms with van der Waals surface area (Å²) in [5, 5.41) is 12.2. The lowest BCUT2D eigenvalue weighted by atomic mass is 9.90. The zero-order chi connectivity index (χ0) is 32.4. The van der Waals surface area contributed by atoms with E-state index in [1.165, 1.54) is 12.1 Å². The van der Waals surface area contributed by atoms with Crippen LogP contribution in [-0.2, 0) is 16.6 Å². The van der Waals surface area contributed by atoms with Crippen LogP contribution >= 0.6 is 0 Å². The number of anilines is 1. The quantitative estimate of drug-likeness (QED) is 0.255. The van der Waals surface area contributed by atoms with Crippen molar-refractivity contribution in [3.8, 4) is 22.9 Å². The van der Waals surface area contributed by atoms with Crippen LogP contribution in [0.3, 0.4) is 0 Å². The molecule has 10 nitrogen and oxygen atoms in total. The molecule has 1 saturated carbocycles. The molecule has 3 heterocycles. The lowest BCUT2D eigenvalue weighted by molar-refractivity contribution is 0.183. The number of aromatic hydroxyl groups is 1. The molecular formula is C33H38F2N6O4S. The number of hydrogen-bond acceptors (Lipinski definition) is 8. The molecule has 1 aromatic heterocycles. The Morgan fingerprint density at radius 2 is 1.89 bits per heavy atom. The molecule has 1 unspecified atom stereocenters. The molecule has 1 atom stereocenters. The molecule has 0 radical (unpaired) electrons. The number of halogens is 2. The van der Waals surface area contributed by atoms with E-state index < -0.39 is 27.4 Å². The molecule has 1 spiro atoms. The van der Waals surface area contributed by atoms with Gasteiger partial charge in [0.1, 0.15) is 22.9 Å². The van der Waals surface area contributed by atoms with E-state index in [4.69, 9.17) is 9.72 Å². The van der Waals surface area contributed by atoms with Crippen molar-refractivity contribution in [3.63, 3.8) is 0 Å². The number of benzene rings is 3. The maximum absolute atomic E-state index is 16.9. The minimum Gasteiger partial charge on any atom is -0.508 e. The van der Waals surface area contributed by atoms with Gasteiger partial charge in [0.15, 0.2) is 5.82 Å². The SMILES string of the molecule is CCc1c(F)ccc2cc(O)cc(-c3ccc4c(N5CCCC6(CNS(=O)(=O)N6)C5)nc(OCC5(CN(C)C)CC5)nc4c3F)c12. The molecule has 0 bridgehead atoms. The minimum absolute atomic E-state index is 0.0214. The molecule has 0 amide bonds. The summed E-state index contributed by atoms with van der Waals surface area (Å²) >= 11 is 0. The highest BCUT2D eigenvalue weighted by atomic mass is 32.2. The third kappa shape index (κ3) is 5.63. The van der Waals surface area contributed by atoms with Crippen LogP contribution in [0.4, 0.5) is 14.6 Å². The number of hydrogen-bond donors (Lipinski definition) is 3. The van der Waals surface area contributed by atoms with Crippen molar-refractivity contribution in [3.05, 3.63) is 53.6 Å². The number of fused-ring (bicyclic) bond motifs is 2. The summed E-state index contributed by atoms with van der Waals surface area (Å²) < 4.78 is 68.0. The molecule has 13 heteroatoms. The van der Waals surface area contributed by atoms with Crippen LogP contribution in [-0.4, -0.2) is 80.8 Å². The van der Waals surface area contributed by atoms with Crippen molar-refractivity contribution in [1.82, 2.24) is 24.3 Å². The Kier molecular flexibility index (Phi) is 7.58. The first-order valence-corrected chi connectivity index (χ1v) is 17.1. The molecule has 7 rings (SSSR count). The number of phenols is 1. The summed E-state index contributed by atoms with van der Waals surface area (Å²) in [4.78, 5) is 13.5. The van der Waals surface area contributed by atoms with E-state index in [0.29, 0.717) is 72.1 Å². The van der Waals surface area contributed by atoms with E-state index in [2.05, 4.69) is 19.3 Å². The van der Waals surface area contributed by atoms with Crippen molar-refractivity contribution in [2.75, 3.05) is 51.8 Å². The molecule has 3 aromatic carbocycles. The van der Waals surface area contributed by atoms with Gasteiger partial charge in [0.2, 0.25) is 0 Å². The molecule has 3 fully saturated rings. The van der Waals surface area contributed by atoms with Gasteiger partial charge in [-0.25, -0.2) is 13.5 Å². The minimum atomic E-state index is -3.61. The highest BCUT2D eigenvalue weighted by Crippen LogP contribution is 2.46. The van der Waals surface area contributed by atoms with Crippen LogP contribution in [0.25, 0.3) is 32.8 Å². The van der Waals surface area contributed by atoms with Gasteiger partial charge in [-0.05, 0) is 92.4 Å². The van der Waals surface area contributed by atoms with E-state index in [1.807, 2.05) is 25.9 Å². The van der Waals surface area contributed by atoms with Gasteiger partial charge in [-0.1, -0.05) is 19.1 Å². The molecule has 3 aliphatic rings. The first kappa shape index (κ1) is 31.0. The number of phenolic OH excluding ortho intramolecular Hbond substituents is 1. The van der Waals surface area contributed by atoms with Gasteiger partial charge in [0.25, 0.3) is 10.2 Å². The molecular weight excluding hydrogens is 614 g/mol. The molecule has 244 valence electrons. The van der Waals surface area contributed by atoms with Gasteiger partial charge in [0.05, 0.1) is 12.1 Å². The van der Waals surface area contributed by atoms with Crippen molar-refractivity contribution < 1.29 is 27.0 Å². The van der Waals surface area contributed by atoms with Gasteiger partial charge >= 0.3 is 6.01 Å². The molecule has 1 aliphatic carbocycles. The number of nitrogens with one attached hydrogen (secondary N) is 2. The highest BCUT2D eigenvalue weighted by molar-refractivity contribution is 7.87. The molecule has 46 heavy (non-hydrogen) atoms. The monoisotopic (exact) mass is 652 g/mol. The van der Waals surface area contributed by atoms with Crippen molar-refractivity contribution >= 4 is 37.7 Å². The van der Waals surface area contributed by atoms with Crippen molar-refractivity contribution in [2.45, 2.75) is 44.6 Å². The average Bonchev–Trinajstić information content (AvgIpc) is 3.70. The Bertz CT molecular complexity index is 1970. The largest absolute Gasteiger partial charge is 0.508 e. The second-order valence-electron chi connectivity index (χ2n) is 13.4. The first-order valence-electron chi connectivity index (χ1n) is 15.7. The summed E-state index contributed by atoms with van der Waals surface area (Å²) in [5.41, 5.74) is 0.246. The average molecular weight is 653 g/mol. The summed E-state index contributed by atoms with van der Waals surface area (Å²) in [5.74, 6) is -0.654. The maximum Gasteiger partial charge on any atom is 0.319 e. The summed E-state index contributed by atoms with van der Waals surface area (Å²) in [6, 6.07) is 9.32. The third-order valence-corrected chi connectivity index (χ3v) is 10.7. The van der Waals surface area contributed by atoms with Crippen LogP contribution < -0.4 is 19.1 Å². The molecule has 3 N–H and O–H groups in total. The van der Waals surface area contributed by atoms with E-state index >= 15 is 4.39 Å². The third-order valence-electron chi connectivity index (χ3n) is 9.51. The molecule has 4 aromatic rings. The van der Waals surface area contributed by atoms with E-state index in [1.54, 1.807) is 24.3 Å². The van der Waals surface area contributed by atoms with E-state index in [-0.39, 0.29) is 34.8 Å². The van der Waals surface area contributed by atoms with Gasteiger partial charge in [-0.3, -0.25) is 0 Å². The summed E-state index contributed by atoms with van der Waals surface area (Å²) in [7, 11) is 0.422. The Hall–Kier alpha value is -3.65. The van der Waals surface area contributed by atoms with Crippen molar-refractivity contribution in [2.24, 2.45) is 5.41 Å². The number of nitrogens with zero attached hydrogens (tertiary/aromatic N) is 4. The lowest BCUT2D eigenvalue weighted by Gasteiger charge is -2.40. The number of piperidine rings is 1. The van der Waals surface area contributed by atoms with Crippen molar-refractivity contribution in [1.29, 1.82) is 0 Å². The smallest absolute Gasteiger partial charge is 0.319 e. The fourth-order valence-electron chi connectivity index (χ4n) is 7.24. The van der Waals surface area contributed by atoms with Crippen LogP contribution in [0.5, 0.6) is 11.8 Å². The molecule has 2 saturated heterocycles. The Morgan fingerprint density at radius 3 is 2.59 bits per heavy atom. The Balaban J connectivity index is 1.37. The zero-order valence-corrected chi connectivity index (χ0v) is 27.0. The number of rotatable bonds is 8. The lowest BCUT2D eigenvalue weighted by Crippen LogP contribution is -2.56. The fourth-order valence-corrected chi connectivity index (χ4v) is 8.59. The van der Waals surface area contributed by atoms with E-state index in [9.17, 15) is 17.9 Å². The van der Waals surface area contributed by atoms with Gasteiger partial charge in [0, 0.05) is 42.5 Å². The molecule has 2 aliphatic heterocycles. The Morgan fingerprint density at radius 1 is 1.09 bits per heavy atom. The zero-order valence-electron chi connectivity index (χ0n) is 26.2. The first-order chi connectivity index (χ1) is 21.9. The Labute approximate surface area is 267 Å². The second kappa shape index (κ2) is 11.3. The van der Waals surface area contributed by atoms with Crippen LogP contribution in [0.1, 0.15) is 38.2 Å². The van der Waals surface area contributed by atoms with Gasteiger partial charge in [-0.15, -0.1) is 0 Å². The van der Waals surface area contributed by atoms with Crippen LogP contribution in [0.15, 0.2) is 36.4 Å². The van der Waals surface area contributed by atoms with E-state index in [0.717, 1.165) is 19.4 Å². The normalized spacial score (nSPS) is 21.9.